The van der Waals surface area contributed by atoms with Crippen LogP contribution in [0.15, 0.2) is 46.7 Å². The molecule has 158 valence electrons. The van der Waals surface area contributed by atoms with Crippen molar-refractivity contribution in [3.8, 4) is 0 Å². The highest BCUT2D eigenvalue weighted by Gasteiger charge is 2.22. The third-order valence-electron chi connectivity index (χ3n) is 5.23. The minimum atomic E-state index is -3.71. The maximum Gasteiger partial charge on any atom is 0.271 e. The number of thiophene rings is 1. The van der Waals surface area contributed by atoms with Crippen molar-refractivity contribution >= 4 is 59.6 Å². The van der Waals surface area contributed by atoms with E-state index in [0.717, 1.165) is 45.3 Å². The molecular weight excluding hydrogens is 438 g/mol. The van der Waals surface area contributed by atoms with Crippen molar-refractivity contribution in [3.05, 3.63) is 58.7 Å². The molecule has 4 aromatic rings. The first-order valence-corrected chi connectivity index (χ1v) is 12.3. The number of fused-ring (bicyclic) bond motifs is 2. The van der Waals surface area contributed by atoms with Crippen LogP contribution in [0.3, 0.4) is 0 Å². The number of nitrogens with zero attached hydrogens (tertiary/aromatic N) is 2. The lowest BCUT2D eigenvalue weighted by Crippen LogP contribution is -2.18. The van der Waals surface area contributed by atoms with E-state index in [2.05, 4.69) is 27.2 Å². The van der Waals surface area contributed by atoms with Gasteiger partial charge < -0.3 is 9.47 Å². The summed E-state index contributed by atoms with van der Waals surface area (Å²) in [6, 6.07) is 13.3. The van der Waals surface area contributed by atoms with Gasteiger partial charge in [-0.25, -0.2) is 8.42 Å². The second-order valence-corrected chi connectivity index (χ2v) is 11.1. The lowest BCUT2D eigenvalue weighted by Gasteiger charge is -2.14. The number of benzene rings is 2. The Morgan fingerprint density at radius 2 is 1.87 bits per heavy atom. The molecule has 2 heterocycles. The van der Waals surface area contributed by atoms with Gasteiger partial charge in [0.2, 0.25) is 0 Å². The number of hydrogen-bond acceptors (Lipinski definition) is 4. The Balaban J connectivity index is 1.71. The average Bonchev–Trinajstić information content (AvgIpc) is 3.16. The molecule has 30 heavy (non-hydrogen) atoms. The van der Waals surface area contributed by atoms with Crippen molar-refractivity contribution in [2.75, 3.05) is 25.4 Å². The van der Waals surface area contributed by atoms with Crippen LogP contribution in [-0.2, 0) is 16.6 Å². The van der Waals surface area contributed by atoms with E-state index in [1.807, 2.05) is 51.4 Å². The summed E-state index contributed by atoms with van der Waals surface area (Å²) >= 11 is 7.36. The zero-order valence-electron chi connectivity index (χ0n) is 17.4. The summed E-state index contributed by atoms with van der Waals surface area (Å²) < 4.78 is 32.6. The Labute approximate surface area is 185 Å². The standard InChI is InChI=1S/C22H24ClN3O2S2/c1-14-11-16-5-7-18(13-20(16)26(14)10-9-25(3)4)24-30(27,28)22-15(2)19-12-17(23)6-8-21(19)29-22/h5-8,11-13,24H,9-10H2,1-4H3. The molecular formula is C22H24ClN3O2S2. The molecule has 0 spiro atoms. The second-order valence-electron chi connectivity index (χ2n) is 7.77. The van der Waals surface area contributed by atoms with Gasteiger partial charge in [-0.3, -0.25) is 4.72 Å². The lowest BCUT2D eigenvalue weighted by molar-refractivity contribution is 0.385. The molecule has 0 aliphatic carbocycles. The fourth-order valence-corrected chi connectivity index (χ4v) is 6.65. The van der Waals surface area contributed by atoms with E-state index in [1.54, 1.807) is 6.07 Å². The Kier molecular flexibility index (Phi) is 5.57. The average molecular weight is 462 g/mol. The fourth-order valence-electron chi connectivity index (χ4n) is 3.68. The van der Waals surface area contributed by atoms with Crippen LogP contribution in [0.2, 0.25) is 5.02 Å². The van der Waals surface area contributed by atoms with Crippen LogP contribution in [0.4, 0.5) is 5.69 Å². The van der Waals surface area contributed by atoms with Gasteiger partial charge in [0.1, 0.15) is 4.21 Å². The molecule has 2 aromatic heterocycles. The molecule has 0 saturated carbocycles. The predicted molar refractivity (Wildman–Crippen MR) is 128 cm³/mol. The molecule has 0 amide bonds. The van der Waals surface area contributed by atoms with E-state index < -0.39 is 10.0 Å². The summed E-state index contributed by atoms with van der Waals surface area (Å²) in [5, 5.41) is 2.57. The highest BCUT2D eigenvalue weighted by molar-refractivity contribution is 7.94. The number of halogens is 1. The summed E-state index contributed by atoms with van der Waals surface area (Å²) in [5.41, 5.74) is 3.45. The van der Waals surface area contributed by atoms with E-state index >= 15 is 0 Å². The number of hydrogen-bond donors (Lipinski definition) is 1. The minimum Gasteiger partial charge on any atom is -0.344 e. The molecule has 0 unspecified atom stereocenters. The molecule has 8 heteroatoms. The van der Waals surface area contributed by atoms with Crippen molar-refractivity contribution in [2.24, 2.45) is 0 Å². The van der Waals surface area contributed by atoms with Gasteiger partial charge in [0.15, 0.2) is 0 Å². The molecule has 0 aliphatic rings. The maximum absolute atomic E-state index is 13.2. The third-order valence-corrected chi connectivity index (χ3v) is 8.74. The molecule has 4 rings (SSSR count). The number of rotatable bonds is 6. The number of sulfonamides is 1. The summed E-state index contributed by atoms with van der Waals surface area (Å²) in [7, 11) is 0.374. The first kappa shape index (κ1) is 21.2. The van der Waals surface area contributed by atoms with Gasteiger partial charge in [0.25, 0.3) is 10.0 Å². The predicted octanol–water partition coefficient (Wildman–Crippen LogP) is 5.49. The Morgan fingerprint density at radius 3 is 2.60 bits per heavy atom. The van der Waals surface area contributed by atoms with Crippen molar-refractivity contribution in [3.63, 3.8) is 0 Å². The van der Waals surface area contributed by atoms with E-state index in [9.17, 15) is 8.42 Å². The highest BCUT2D eigenvalue weighted by Crippen LogP contribution is 2.36. The highest BCUT2D eigenvalue weighted by atomic mass is 35.5. The normalized spacial score (nSPS) is 12.3. The smallest absolute Gasteiger partial charge is 0.271 e. The first-order chi connectivity index (χ1) is 14.2. The van der Waals surface area contributed by atoms with Gasteiger partial charge >= 0.3 is 0 Å². The number of nitrogens with one attached hydrogen (secondary N) is 1. The largest absolute Gasteiger partial charge is 0.344 e. The van der Waals surface area contributed by atoms with Gasteiger partial charge in [0.05, 0.1) is 11.2 Å². The minimum absolute atomic E-state index is 0.319. The third kappa shape index (κ3) is 3.95. The Bertz CT molecular complexity index is 1350. The summed E-state index contributed by atoms with van der Waals surface area (Å²) in [4.78, 5) is 2.13. The fraction of sp³-hybridized carbons (Fsp3) is 0.273. The summed E-state index contributed by atoms with van der Waals surface area (Å²) in [6.45, 7) is 5.65. The van der Waals surface area contributed by atoms with Crippen molar-refractivity contribution < 1.29 is 8.42 Å². The molecule has 0 aliphatic heterocycles. The lowest BCUT2D eigenvalue weighted by atomic mass is 10.2. The van der Waals surface area contributed by atoms with Crippen LogP contribution in [0.1, 0.15) is 11.3 Å². The first-order valence-electron chi connectivity index (χ1n) is 9.62. The zero-order chi connectivity index (χ0) is 21.6. The number of anilines is 1. The summed E-state index contributed by atoms with van der Waals surface area (Å²) in [6.07, 6.45) is 0. The van der Waals surface area contributed by atoms with Crippen LogP contribution in [0, 0.1) is 13.8 Å². The zero-order valence-corrected chi connectivity index (χ0v) is 19.7. The number of likely N-dealkylation sites (N-methyl/N-ethyl adjacent to an activating group) is 1. The Hall–Kier alpha value is -2.06. The van der Waals surface area contributed by atoms with Crippen LogP contribution >= 0.6 is 22.9 Å². The molecule has 0 fully saturated rings. The van der Waals surface area contributed by atoms with Crippen molar-refractivity contribution in [1.82, 2.24) is 9.47 Å². The molecule has 0 radical (unpaired) electrons. The van der Waals surface area contributed by atoms with E-state index in [4.69, 9.17) is 11.6 Å². The van der Waals surface area contributed by atoms with E-state index in [1.165, 1.54) is 11.3 Å². The summed E-state index contributed by atoms with van der Waals surface area (Å²) in [5.74, 6) is 0. The van der Waals surface area contributed by atoms with Gasteiger partial charge in [-0.1, -0.05) is 17.7 Å². The van der Waals surface area contributed by atoms with Crippen LogP contribution < -0.4 is 4.72 Å². The molecule has 1 N–H and O–H groups in total. The van der Waals surface area contributed by atoms with Gasteiger partial charge in [-0.05, 0) is 80.7 Å². The molecule has 2 aromatic carbocycles. The number of aromatic nitrogens is 1. The molecule has 5 nitrogen and oxygen atoms in total. The molecule has 0 bridgehead atoms. The topological polar surface area (TPSA) is 54.3 Å². The Morgan fingerprint density at radius 1 is 1.10 bits per heavy atom. The van der Waals surface area contributed by atoms with E-state index in [0.29, 0.717) is 14.9 Å². The maximum atomic E-state index is 13.2. The molecule has 0 saturated heterocycles. The van der Waals surface area contributed by atoms with Gasteiger partial charge in [-0.15, -0.1) is 11.3 Å². The van der Waals surface area contributed by atoms with Gasteiger partial charge in [0, 0.05) is 28.5 Å². The van der Waals surface area contributed by atoms with Crippen LogP contribution in [0.5, 0.6) is 0 Å². The van der Waals surface area contributed by atoms with Crippen LogP contribution in [0.25, 0.3) is 21.0 Å². The molecule has 0 atom stereocenters. The SMILES string of the molecule is Cc1c(S(=O)(=O)Nc2ccc3cc(C)n(CCN(C)C)c3c2)sc2ccc(Cl)cc12. The van der Waals surface area contributed by atoms with Gasteiger partial charge in [-0.2, -0.15) is 0 Å². The second kappa shape index (κ2) is 7.89. The monoisotopic (exact) mass is 461 g/mol. The van der Waals surface area contributed by atoms with Crippen LogP contribution in [-0.4, -0.2) is 38.5 Å². The quantitative estimate of drug-likeness (QED) is 0.413. The van der Waals surface area contributed by atoms with E-state index in [-0.39, 0.29) is 0 Å². The van der Waals surface area contributed by atoms with Crippen molar-refractivity contribution in [2.45, 2.75) is 24.6 Å². The number of aryl methyl sites for hydroxylation is 2. The van der Waals surface area contributed by atoms with Crippen molar-refractivity contribution in [1.29, 1.82) is 0 Å².